The second kappa shape index (κ2) is 3.02. The molecule has 2 aromatic rings. The molecule has 0 amide bonds. The second-order valence-electron chi connectivity index (χ2n) is 2.85. The second-order valence-corrected chi connectivity index (χ2v) is 3.64. The molecule has 0 aliphatic rings. The summed E-state index contributed by atoms with van der Waals surface area (Å²) in [7, 11) is 0. The van der Waals surface area contributed by atoms with E-state index in [9.17, 15) is 9.90 Å². The Labute approximate surface area is 87.3 Å². The topological polar surface area (TPSA) is 73.3 Å². The van der Waals surface area contributed by atoms with Gasteiger partial charge in [-0.3, -0.25) is 0 Å². The number of fused-ring (bicyclic) bond motifs is 1. The van der Waals surface area contributed by atoms with Crippen molar-refractivity contribution in [3.8, 4) is 5.75 Å². The molecule has 0 bridgehead atoms. The van der Waals surface area contributed by atoms with Gasteiger partial charge in [0.15, 0.2) is 0 Å². The van der Waals surface area contributed by atoms with Crippen LogP contribution < -0.4 is 0 Å². The molecule has 0 aliphatic heterocycles. The molecule has 0 atom stereocenters. The maximum Gasteiger partial charge on any atom is 0.339 e. The van der Waals surface area contributed by atoms with E-state index in [2.05, 4.69) is 20.9 Å². The Balaban J connectivity index is 2.86. The minimum atomic E-state index is -1.03. The average Bonchev–Trinajstić information content (AvgIpc) is 2.40. The van der Waals surface area contributed by atoms with Crippen molar-refractivity contribution in [1.29, 1.82) is 0 Å². The normalized spacial score (nSPS) is 10.6. The van der Waals surface area contributed by atoms with Crippen LogP contribution in [0.3, 0.4) is 0 Å². The van der Waals surface area contributed by atoms with Crippen molar-refractivity contribution in [2.75, 3.05) is 0 Å². The number of aromatic nitrogens is 1. The minimum absolute atomic E-state index is 0.0477. The SMILES string of the molecule is O=C(O)c1c(Br)[nH]c2ccc(O)cc12. The number of hydrogen-bond donors (Lipinski definition) is 3. The van der Waals surface area contributed by atoms with Gasteiger partial charge in [0, 0.05) is 10.9 Å². The van der Waals surface area contributed by atoms with Gasteiger partial charge in [-0.2, -0.15) is 0 Å². The van der Waals surface area contributed by atoms with Crippen LogP contribution in [-0.2, 0) is 0 Å². The zero-order valence-electron chi connectivity index (χ0n) is 6.91. The summed E-state index contributed by atoms with van der Waals surface area (Å²) in [5.74, 6) is -0.986. The molecule has 0 saturated heterocycles. The van der Waals surface area contributed by atoms with E-state index in [-0.39, 0.29) is 11.3 Å². The number of phenolic OH excluding ortho intramolecular Hbond substituents is 1. The molecule has 14 heavy (non-hydrogen) atoms. The lowest BCUT2D eigenvalue weighted by molar-refractivity contribution is 0.0698. The van der Waals surface area contributed by atoms with Gasteiger partial charge >= 0.3 is 5.97 Å². The fourth-order valence-corrected chi connectivity index (χ4v) is 1.95. The highest BCUT2D eigenvalue weighted by atomic mass is 79.9. The van der Waals surface area contributed by atoms with E-state index in [0.29, 0.717) is 15.5 Å². The van der Waals surface area contributed by atoms with Crippen LogP contribution in [0.25, 0.3) is 10.9 Å². The molecule has 72 valence electrons. The van der Waals surface area contributed by atoms with Gasteiger partial charge in [0.1, 0.15) is 5.75 Å². The van der Waals surface area contributed by atoms with Crippen molar-refractivity contribution in [1.82, 2.24) is 4.98 Å². The van der Waals surface area contributed by atoms with Crippen molar-refractivity contribution in [2.45, 2.75) is 0 Å². The molecule has 1 heterocycles. The molecular weight excluding hydrogens is 250 g/mol. The number of aromatic hydroxyl groups is 1. The van der Waals surface area contributed by atoms with Crippen molar-refractivity contribution in [3.05, 3.63) is 28.4 Å². The van der Waals surface area contributed by atoms with E-state index in [1.807, 2.05) is 0 Å². The predicted octanol–water partition coefficient (Wildman–Crippen LogP) is 2.33. The zero-order valence-corrected chi connectivity index (χ0v) is 8.50. The van der Waals surface area contributed by atoms with Crippen molar-refractivity contribution in [3.63, 3.8) is 0 Å². The molecule has 5 heteroatoms. The minimum Gasteiger partial charge on any atom is -0.508 e. The zero-order chi connectivity index (χ0) is 10.3. The number of carbonyl (C=O) groups is 1. The number of aromatic carboxylic acids is 1. The van der Waals surface area contributed by atoms with Crippen molar-refractivity contribution in [2.24, 2.45) is 0 Å². The first-order valence-corrected chi connectivity index (χ1v) is 4.62. The number of carboxylic acids is 1. The first-order valence-electron chi connectivity index (χ1n) is 3.83. The Morgan fingerprint density at radius 1 is 1.43 bits per heavy atom. The predicted molar refractivity (Wildman–Crippen MR) is 54.6 cm³/mol. The summed E-state index contributed by atoms with van der Waals surface area (Å²) in [6.45, 7) is 0. The average molecular weight is 256 g/mol. The molecular formula is C9H6BrNO3. The third-order valence-electron chi connectivity index (χ3n) is 1.95. The molecule has 0 aliphatic carbocycles. The lowest BCUT2D eigenvalue weighted by Crippen LogP contribution is -1.95. The molecule has 4 nitrogen and oxygen atoms in total. The Morgan fingerprint density at radius 2 is 2.14 bits per heavy atom. The van der Waals surface area contributed by atoms with Crippen LogP contribution in [0.2, 0.25) is 0 Å². The van der Waals surface area contributed by atoms with E-state index in [4.69, 9.17) is 5.11 Å². The third-order valence-corrected chi connectivity index (χ3v) is 2.55. The van der Waals surface area contributed by atoms with Crippen LogP contribution >= 0.6 is 15.9 Å². The van der Waals surface area contributed by atoms with E-state index in [1.165, 1.54) is 12.1 Å². The van der Waals surface area contributed by atoms with Gasteiger partial charge in [-0.15, -0.1) is 0 Å². The molecule has 2 rings (SSSR count). The fourth-order valence-electron chi connectivity index (χ4n) is 1.36. The van der Waals surface area contributed by atoms with Crippen molar-refractivity contribution >= 4 is 32.8 Å². The van der Waals surface area contributed by atoms with E-state index in [1.54, 1.807) is 6.07 Å². The standard InChI is InChI=1S/C9H6BrNO3/c10-8-7(9(13)14)5-3-4(12)1-2-6(5)11-8/h1-3,11-12H,(H,13,14). The maximum absolute atomic E-state index is 10.9. The number of aromatic amines is 1. The molecule has 0 unspecified atom stereocenters. The highest BCUT2D eigenvalue weighted by Crippen LogP contribution is 2.28. The molecule has 1 aromatic carbocycles. The number of hydrogen-bond acceptors (Lipinski definition) is 2. The number of H-pyrrole nitrogens is 1. The largest absolute Gasteiger partial charge is 0.508 e. The summed E-state index contributed by atoms with van der Waals surface area (Å²) in [6.07, 6.45) is 0. The summed E-state index contributed by atoms with van der Waals surface area (Å²) < 4.78 is 0.408. The summed E-state index contributed by atoms with van der Waals surface area (Å²) >= 11 is 3.12. The van der Waals surface area contributed by atoms with Crippen molar-refractivity contribution < 1.29 is 15.0 Å². The summed E-state index contributed by atoms with van der Waals surface area (Å²) in [5, 5.41) is 18.6. The van der Waals surface area contributed by atoms with Gasteiger partial charge in [-0.1, -0.05) is 0 Å². The van der Waals surface area contributed by atoms with Gasteiger partial charge in [0.05, 0.1) is 10.2 Å². The highest BCUT2D eigenvalue weighted by Gasteiger charge is 2.15. The quantitative estimate of drug-likeness (QED) is 0.733. The summed E-state index contributed by atoms with van der Waals surface area (Å²) in [5.41, 5.74) is 0.808. The van der Waals surface area contributed by atoms with Gasteiger partial charge in [0.2, 0.25) is 0 Å². The van der Waals surface area contributed by atoms with Crippen LogP contribution in [0.1, 0.15) is 10.4 Å². The van der Waals surface area contributed by atoms with Crippen LogP contribution in [0.4, 0.5) is 0 Å². The first kappa shape index (κ1) is 9.08. The van der Waals surface area contributed by atoms with Crippen LogP contribution in [-0.4, -0.2) is 21.2 Å². The molecule has 1 aromatic heterocycles. The number of phenols is 1. The Hall–Kier alpha value is -1.49. The number of benzene rings is 1. The Kier molecular flexibility index (Phi) is 1.96. The van der Waals surface area contributed by atoms with Gasteiger partial charge in [-0.05, 0) is 34.1 Å². The summed E-state index contributed by atoms with van der Waals surface area (Å²) in [6, 6.07) is 4.54. The lowest BCUT2D eigenvalue weighted by atomic mass is 10.2. The molecule has 3 N–H and O–H groups in total. The van der Waals surface area contributed by atoms with Crippen LogP contribution in [0.15, 0.2) is 22.8 Å². The summed E-state index contributed by atoms with van der Waals surface area (Å²) in [4.78, 5) is 13.7. The smallest absolute Gasteiger partial charge is 0.339 e. The van der Waals surface area contributed by atoms with Gasteiger partial charge < -0.3 is 15.2 Å². The first-order chi connectivity index (χ1) is 6.59. The fraction of sp³-hybridized carbons (Fsp3) is 0. The monoisotopic (exact) mass is 255 g/mol. The molecule has 0 fully saturated rings. The third kappa shape index (κ3) is 1.26. The van der Waals surface area contributed by atoms with E-state index in [0.717, 1.165) is 0 Å². The Morgan fingerprint density at radius 3 is 2.79 bits per heavy atom. The number of rotatable bonds is 1. The molecule has 0 spiro atoms. The van der Waals surface area contributed by atoms with Gasteiger partial charge in [0.25, 0.3) is 0 Å². The van der Waals surface area contributed by atoms with Gasteiger partial charge in [-0.25, -0.2) is 4.79 Å². The number of nitrogens with one attached hydrogen (secondary N) is 1. The maximum atomic E-state index is 10.9. The van der Waals surface area contributed by atoms with E-state index < -0.39 is 5.97 Å². The van der Waals surface area contributed by atoms with E-state index >= 15 is 0 Å². The molecule has 0 saturated carbocycles. The molecule has 0 radical (unpaired) electrons. The highest BCUT2D eigenvalue weighted by molar-refractivity contribution is 9.10. The Bertz CT molecular complexity index is 518. The lowest BCUT2D eigenvalue weighted by Gasteiger charge is -1.93. The number of halogens is 1. The number of carboxylic acid groups (broad SMARTS) is 1. The van der Waals surface area contributed by atoms with Crippen LogP contribution in [0.5, 0.6) is 5.75 Å². The van der Waals surface area contributed by atoms with Crippen LogP contribution in [0, 0.1) is 0 Å².